The predicted molar refractivity (Wildman–Crippen MR) is 124 cm³/mol. The highest BCUT2D eigenvalue weighted by molar-refractivity contribution is 5.79. The van der Waals surface area contributed by atoms with Crippen LogP contribution in [0.3, 0.4) is 0 Å². The Hall–Kier alpha value is -3.12. The average Bonchev–Trinajstić information content (AvgIpc) is 3.33. The largest absolute Gasteiger partial charge is 0.0614 e. The zero-order valence-corrected chi connectivity index (χ0v) is 17.2. The maximum absolute atomic E-state index is 2.47. The minimum Gasteiger partial charge on any atom is -0.0614 e. The summed E-state index contributed by atoms with van der Waals surface area (Å²) in [7, 11) is 0. The Morgan fingerprint density at radius 2 is 0.900 bits per heavy atom. The molecule has 0 unspecified atom stereocenters. The number of hydrogen-bond acceptors (Lipinski definition) is 0. The molecule has 3 aliphatic carbocycles. The van der Waals surface area contributed by atoms with Gasteiger partial charge in [0.25, 0.3) is 0 Å². The molecule has 0 aromatic heterocycles. The van der Waals surface area contributed by atoms with Crippen molar-refractivity contribution >= 4 is 0 Å². The minimum absolute atomic E-state index is 1.10. The van der Waals surface area contributed by atoms with E-state index in [0.717, 1.165) is 38.5 Å². The molecule has 144 valence electrons. The number of rotatable bonds is 0. The Bertz CT molecular complexity index is 1230. The summed E-state index contributed by atoms with van der Waals surface area (Å²) in [6, 6.07) is 28.3. The van der Waals surface area contributed by atoms with Crippen molar-refractivity contribution < 1.29 is 0 Å². The molecule has 0 heteroatoms. The van der Waals surface area contributed by atoms with Crippen LogP contribution in [-0.2, 0) is 38.5 Å². The normalized spacial score (nSPS) is 15.2. The van der Waals surface area contributed by atoms with Crippen molar-refractivity contribution in [1.29, 1.82) is 0 Å². The SMILES string of the molecule is c1cc2c3c(c1)-c1ccc(cc1C3)CCc1ccc3c(c1)Cc1c(cccc1-3)CC2. The van der Waals surface area contributed by atoms with Crippen molar-refractivity contribution in [3.8, 4) is 22.3 Å². The van der Waals surface area contributed by atoms with Crippen LogP contribution in [0.25, 0.3) is 22.3 Å². The molecule has 0 N–H and O–H groups in total. The number of aryl methyl sites for hydroxylation is 4. The zero-order valence-electron chi connectivity index (χ0n) is 17.2. The fourth-order valence-corrected chi connectivity index (χ4v) is 6.02. The van der Waals surface area contributed by atoms with Crippen LogP contribution in [0.5, 0.6) is 0 Å². The lowest BCUT2D eigenvalue weighted by Gasteiger charge is -2.12. The standard InChI is InChI=1S/C30H24/c1-3-21-11-12-22-4-2-6-28-26-14-10-20(16-24(26)18-30(22)28)8-7-19-9-13-25-23(15-19)17-29(21)27(25)5-1/h1-6,9-10,13-16H,7-8,11-12,17-18H2. The van der Waals surface area contributed by atoms with Crippen LogP contribution >= 0.6 is 0 Å². The molecule has 0 nitrogen and oxygen atoms in total. The first-order chi connectivity index (χ1) is 14.8. The maximum Gasteiger partial charge on any atom is -0.00106 e. The molecule has 0 aliphatic heterocycles. The fraction of sp³-hybridized carbons (Fsp3) is 0.200. The molecule has 7 rings (SSSR count). The Morgan fingerprint density at radius 3 is 1.40 bits per heavy atom. The molecule has 0 spiro atoms. The van der Waals surface area contributed by atoms with Gasteiger partial charge in [0.1, 0.15) is 0 Å². The monoisotopic (exact) mass is 384 g/mol. The van der Waals surface area contributed by atoms with Gasteiger partial charge in [-0.25, -0.2) is 0 Å². The second-order valence-corrected chi connectivity index (χ2v) is 9.22. The molecule has 4 aromatic rings. The van der Waals surface area contributed by atoms with E-state index in [4.69, 9.17) is 0 Å². The number of fused-ring (bicyclic) bond motifs is 4. The second-order valence-electron chi connectivity index (χ2n) is 9.22. The molecule has 6 bridgehead atoms. The van der Waals surface area contributed by atoms with E-state index in [0.29, 0.717) is 0 Å². The number of benzene rings is 4. The van der Waals surface area contributed by atoms with Crippen molar-refractivity contribution in [3.05, 3.63) is 117 Å². The van der Waals surface area contributed by atoms with E-state index in [-0.39, 0.29) is 0 Å². The van der Waals surface area contributed by atoms with Crippen LogP contribution in [0.1, 0.15) is 44.5 Å². The Kier molecular flexibility index (Phi) is 3.44. The summed E-state index contributed by atoms with van der Waals surface area (Å²) in [4.78, 5) is 0. The maximum atomic E-state index is 2.47. The molecule has 30 heavy (non-hydrogen) atoms. The van der Waals surface area contributed by atoms with Crippen molar-refractivity contribution in [2.75, 3.05) is 0 Å². The Morgan fingerprint density at radius 1 is 0.400 bits per heavy atom. The molecule has 0 radical (unpaired) electrons. The first-order valence-corrected chi connectivity index (χ1v) is 11.3. The third-order valence-corrected chi connectivity index (χ3v) is 7.57. The van der Waals surface area contributed by atoms with Gasteiger partial charge in [-0.2, -0.15) is 0 Å². The van der Waals surface area contributed by atoms with Gasteiger partial charge in [0, 0.05) is 0 Å². The molecule has 0 heterocycles. The van der Waals surface area contributed by atoms with Gasteiger partial charge < -0.3 is 0 Å². The summed E-state index contributed by atoms with van der Waals surface area (Å²) in [5.41, 5.74) is 18.0. The second kappa shape index (κ2) is 6.19. The highest BCUT2D eigenvalue weighted by atomic mass is 14.3. The topological polar surface area (TPSA) is 0 Å². The molecule has 0 atom stereocenters. The molecule has 0 amide bonds. The van der Waals surface area contributed by atoms with Gasteiger partial charge in [-0.15, -0.1) is 0 Å². The summed E-state index contributed by atoms with van der Waals surface area (Å²) in [6.45, 7) is 0. The van der Waals surface area contributed by atoms with E-state index < -0.39 is 0 Å². The van der Waals surface area contributed by atoms with Crippen molar-refractivity contribution in [3.63, 3.8) is 0 Å². The van der Waals surface area contributed by atoms with Crippen LogP contribution in [0.2, 0.25) is 0 Å². The lowest BCUT2D eigenvalue weighted by atomic mass is 9.93. The highest BCUT2D eigenvalue weighted by Gasteiger charge is 2.24. The fourth-order valence-electron chi connectivity index (χ4n) is 6.02. The van der Waals surface area contributed by atoms with Gasteiger partial charge in [0.15, 0.2) is 0 Å². The van der Waals surface area contributed by atoms with Crippen LogP contribution in [0.15, 0.2) is 72.8 Å². The molecule has 3 aliphatic rings. The van der Waals surface area contributed by atoms with Crippen molar-refractivity contribution in [1.82, 2.24) is 0 Å². The van der Waals surface area contributed by atoms with Gasteiger partial charge in [-0.05, 0) is 105 Å². The van der Waals surface area contributed by atoms with Gasteiger partial charge in [-0.1, -0.05) is 72.8 Å². The van der Waals surface area contributed by atoms with E-state index in [2.05, 4.69) is 72.8 Å². The summed E-state index contributed by atoms with van der Waals surface area (Å²) < 4.78 is 0. The van der Waals surface area contributed by atoms with E-state index in [9.17, 15) is 0 Å². The van der Waals surface area contributed by atoms with Gasteiger partial charge in [0.05, 0.1) is 0 Å². The van der Waals surface area contributed by atoms with Gasteiger partial charge in [0.2, 0.25) is 0 Å². The van der Waals surface area contributed by atoms with Crippen molar-refractivity contribution in [2.45, 2.75) is 38.5 Å². The zero-order chi connectivity index (χ0) is 19.7. The predicted octanol–water partition coefficient (Wildman–Crippen LogP) is 6.71. The molecular formula is C30H24. The highest BCUT2D eigenvalue weighted by Crippen LogP contribution is 2.41. The summed E-state index contributed by atoms with van der Waals surface area (Å²) in [5.74, 6) is 0. The van der Waals surface area contributed by atoms with Crippen LogP contribution in [0, 0.1) is 0 Å². The van der Waals surface area contributed by atoms with E-state index in [1.807, 2.05) is 0 Å². The van der Waals surface area contributed by atoms with E-state index in [1.54, 1.807) is 11.1 Å². The van der Waals surface area contributed by atoms with Crippen molar-refractivity contribution in [2.24, 2.45) is 0 Å². The average molecular weight is 385 g/mol. The van der Waals surface area contributed by atoms with Crippen LogP contribution < -0.4 is 0 Å². The Labute approximate surface area is 178 Å². The summed E-state index contributed by atoms with van der Waals surface area (Å²) >= 11 is 0. The summed E-state index contributed by atoms with van der Waals surface area (Å²) in [5, 5.41) is 0. The molecule has 0 saturated heterocycles. The third-order valence-electron chi connectivity index (χ3n) is 7.57. The molecular weight excluding hydrogens is 360 g/mol. The van der Waals surface area contributed by atoms with Crippen LogP contribution in [-0.4, -0.2) is 0 Å². The molecule has 4 aromatic carbocycles. The lowest BCUT2D eigenvalue weighted by molar-refractivity contribution is 0.925. The first kappa shape index (κ1) is 16.7. The minimum atomic E-state index is 1.10. The molecule has 0 fully saturated rings. The number of hydrogen-bond donors (Lipinski definition) is 0. The van der Waals surface area contributed by atoms with Gasteiger partial charge in [-0.3, -0.25) is 0 Å². The quantitative estimate of drug-likeness (QED) is 0.273. The van der Waals surface area contributed by atoms with E-state index in [1.165, 1.54) is 55.6 Å². The first-order valence-electron chi connectivity index (χ1n) is 11.3. The third kappa shape index (κ3) is 2.40. The smallest absolute Gasteiger partial charge is 0.00106 e. The van der Waals surface area contributed by atoms with E-state index >= 15 is 0 Å². The lowest BCUT2D eigenvalue weighted by Crippen LogP contribution is -1.99. The molecule has 0 saturated carbocycles. The van der Waals surface area contributed by atoms with Crippen LogP contribution in [0.4, 0.5) is 0 Å². The van der Waals surface area contributed by atoms with Gasteiger partial charge >= 0.3 is 0 Å². The summed E-state index contributed by atoms with van der Waals surface area (Å²) in [6.07, 6.45) is 6.69. The Balaban J connectivity index is 1.40.